The summed E-state index contributed by atoms with van der Waals surface area (Å²) in [5.41, 5.74) is 0. The van der Waals surface area contributed by atoms with Crippen molar-refractivity contribution >= 4 is 11.8 Å². The number of nitrogens with one attached hydrogen (secondary N) is 1. The van der Waals surface area contributed by atoms with Crippen LogP contribution in [0.25, 0.3) is 0 Å². The lowest BCUT2D eigenvalue weighted by Crippen LogP contribution is -2.16. The van der Waals surface area contributed by atoms with Crippen molar-refractivity contribution in [1.29, 1.82) is 0 Å². The molecule has 0 saturated carbocycles. The van der Waals surface area contributed by atoms with E-state index in [2.05, 4.69) is 5.32 Å². The maximum atomic E-state index is 2.95. The lowest BCUT2D eigenvalue weighted by molar-refractivity contribution is 0.984. The lowest BCUT2D eigenvalue weighted by atomic mass is 11.2. The van der Waals surface area contributed by atoms with Gasteiger partial charge in [0.1, 0.15) is 0 Å². The molecule has 1 nitrogen and oxygen atoms in total. The molecule has 1 heterocycles. The van der Waals surface area contributed by atoms with Gasteiger partial charge in [-0.25, -0.2) is 0 Å². The number of thioether (sulfide) groups is 1. The van der Waals surface area contributed by atoms with Crippen LogP contribution in [0.1, 0.15) is 0 Å². The molecule has 0 aromatic carbocycles. The first-order valence-electron chi connectivity index (χ1n) is 1.17. The van der Waals surface area contributed by atoms with Crippen LogP contribution in [0.4, 0.5) is 0 Å². The molecule has 1 saturated heterocycles. The van der Waals surface area contributed by atoms with Crippen LogP contribution in [-0.2, 0) is 0 Å². The lowest BCUT2D eigenvalue weighted by Gasteiger charge is -2.08. The Labute approximate surface area is 29.8 Å². The molecule has 0 atom stereocenters. The zero-order valence-corrected chi connectivity index (χ0v) is 3.01. The molecule has 0 aromatic heterocycles. The summed E-state index contributed by atoms with van der Waals surface area (Å²) in [6.07, 6.45) is 0. The van der Waals surface area contributed by atoms with E-state index in [9.17, 15) is 0 Å². The van der Waals surface area contributed by atoms with E-state index >= 15 is 0 Å². The largest absolute Gasteiger partial charge is 0.294 e. The fourth-order valence-electron chi connectivity index (χ4n) is 0.0833. The molecule has 1 radical (unpaired) electrons. The highest BCUT2D eigenvalue weighted by molar-refractivity contribution is 8.02. The number of rotatable bonds is 0. The first kappa shape index (κ1) is 2.54. The van der Waals surface area contributed by atoms with E-state index in [1.165, 1.54) is 0 Å². The topological polar surface area (TPSA) is 12.0 Å². The van der Waals surface area contributed by atoms with Gasteiger partial charge in [-0.1, -0.05) is 0 Å². The van der Waals surface area contributed by atoms with E-state index in [4.69, 9.17) is 0 Å². The summed E-state index contributed by atoms with van der Waals surface area (Å²) < 4.78 is 0. The van der Waals surface area contributed by atoms with Crippen molar-refractivity contribution in [2.45, 2.75) is 0 Å². The van der Waals surface area contributed by atoms with Crippen LogP contribution in [-0.4, -0.2) is 5.88 Å². The van der Waals surface area contributed by atoms with Gasteiger partial charge in [0, 0.05) is 5.88 Å². The van der Waals surface area contributed by atoms with Crippen LogP contribution in [0.5, 0.6) is 0 Å². The van der Waals surface area contributed by atoms with Crippen LogP contribution >= 0.6 is 11.8 Å². The highest BCUT2D eigenvalue weighted by Crippen LogP contribution is 2.07. The molecule has 0 bridgehead atoms. The molecule has 0 unspecified atom stereocenters. The normalized spacial score (nSPS) is 24.0. The molecular formula is C2H4NS. The van der Waals surface area contributed by atoms with Gasteiger partial charge in [0.05, 0.1) is 5.88 Å². The molecule has 1 rings (SSSR count). The van der Waals surface area contributed by atoms with Crippen molar-refractivity contribution in [3.63, 3.8) is 0 Å². The second-order valence-corrected chi connectivity index (χ2v) is 1.49. The minimum atomic E-state index is 1.11. The molecule has 2 heteroatoms. The van der Waals surface area contributed by atoms with Gasteiger partial charge in [-0.3, -0.25) is 5.32 Å². The SMILES string of the molecule is [CH]1NCS1. The Morgan fingerprint density at radius 1 is 2.00 bits per heavy atom. The van der Waals surface area contributed by atoms with Gasteiger partial charge >= 0.3 is 0 Å². The molecule has 23 valence electrons. The van der Waals surface area contributed by atoms with Gasteiger partial charge in [0.15, 0.2) is 0 Å². The van der Waals surface area contributed by atoms with Crippen molar-refractivity contribution in [3.8, 4) is 0 Å². The van der Waals surface area contributed by atoms with E-state index in [-0.39, 0.29) is 0 Å². The summed E-state index contributed by atoms with van der Waals surface area (Å²) >= 11 is 1.80. The molecule has 0 amide bonds. The van der Waals surface area contributed by atoms with Crippen molar-refractivity contribution in [1.82, 2.24) is 5.32 Å². The Bertz CT molecular complexity index is 14.0. The zero-order valence-electron chi connectivity index (χ0n) is 2.19. The maximum absolute atomic E-state index is 2.95. The summed E-state index contributed by atoms with van der Waals surface area (Å²) in [6, 6.07) is 0. The van der Waals surface area contributed by atoms with Crippen molar-refractivity contribution in [2.75, 3.05) is 5.88 Å². The van der Waals surface area contributed by atoms with Crippen LogP contribution in [0.3, 0.4) is 0 Å². The molecule has 0 aromatic rings. The van der Waals surface area contributed by atoms with E-state index in [1.54, 1.807) is 11.8 Å². The minimum absolute atomic E-state index is 1.11. The third kappa shape index (κ3) is 0.213. The smallest absolute Gasteiger partial charge is 0.0802 e. The molecule has 0 aliphatic carbocycles. The van der Waals surface area contributed by atoms with Gasteiger partial charge in [-0.2, -0.15) is 0 Å². The highest BCUT2D eigenvalue weighted by Gasteiger charge is 1.93. The Kier molecular flexibility index (Phi) is 0.604. The Balaban J connectivity index is 2.00. The zero-order chi connectivity index (χ0) is 2.83. The van der Waals surface area contributed by atoms with Gasteiger partial charge in [0.25, 0.3) is 0 Å². The van der Waals surface area contributed by atoms with E-state index in [0.717, 1.165) is 5.88 Å². The predicted octanol–water partition coefficient (Wildman–Crippen LogP) is 0.400. The Morgan fingerprint density at radius 2 is 2.25 bits per heavy atom. The maximum Gasteiger partial charge on any atom is 0.0802 e. The Hall–Kier alpha value is 0.310. The van der Waals surface area contributed by atoms with Gasteiger partial charge in [0.2, 0.25) is 0 Å². The molecule has 1 aliphatic rings. The number of hydrogen-bond donors (Lipinski definition) is 1. The van der Waals surface area contributed by atoms with Gasteiger partial charge in [-0.05, 0) is 0 Å². The second kappa shape index (κ2) is 0.951. The molecule has 1 aliphatic heterocycles. The average Bonchev–Trinajstić information content (AvgIpc) is 0.722. The van der Waals surface area contributed by atoms with Crippen LogP contribution in [0.2, 0.25) is 0 Å². The summed E-state index contributed by atoms with van der Waals surface area (Å²) in [5.74, 6) is 3.08. The molecular weight excluding hydrogens is 70.1 g/mol. The quantitative estimate of drug-likeness (QED) is 0.446. The third-order valence-corrected chi connectivity index (χ3v) is 1.00. The Morgan fingerprint density at radius 3 is 2.25 bits per heavy atom. The first-order chi connectivity index (χ1) is 2.00. The molecule has 0 spiro atoms. The third-order valence-electron chi connectivity index (χ3n) is 0.333. The van der Waals surface area contributed by atoms with E-state index in [1.807, 2.05) is 5.88 Å². The monoisotopic (exact) mass is 74.0 g/mol. The predicted molar refractivity (Wildman–Crippen MR) is 19.9 cm³/mol. The fourth-order valence-corrected chi connectivity index (χ4v) is 0.250. The first-order valence-corrected chi connectivity index (χ1v) is 2.22. The summed E-state index contributed by atoms with van der Waals surface area (Å²) in [7, 11) is 0. The highest BCUT2D eigenvalue weighted by atomic mass is 32.2. The summed E-state index contributed by atoms with van der Waals surface area (Å²) in [5, 5.41) is 2.95. The second-order valence-electron chi connectivity index (χ2n) is 0.633. The fraction of sp³-hybridized carbons (Fsp3) is 0.500. The average molecular weight is 74.1 g/mol. The van der Waals surface area contributed by atoms with Crippen molar-refractivity contribution < 1.29 is 0 Å². The van der Waals surface area contributed by atoms with E-state index < -0.39 is 0 Å². The minimum Gasteiger partial charge on any atom is -0.294 e. The standard InChI is InChI=1S/C2H4NS/c1-3-2-4-1/h1,3H,2H2. The number of hydrogen-bond acceptors (Lipinski definition) is 2. The van der Waals surface area contributed by atoms with Gasteiger partial charge in [-0.15, -0.1) is 11.8 Å². The van der Waals surface area contributed by atoms with Crippen molar-refractivity contribution in [2.24, 2.45) is 0 Å². The summed E-state index contributed by atoms with van der Waals surface area (Å²) in [4.78, 5) is 0. The van der Waals surface area contributed by atoms with Crippen LogP contribution in [0, 0.1) is 5.88 Å². The molecule has 1 fully saturated rings. The van der Waals surface area contributed by atoms with E-state index in [0.29, 0.717) is 0 Å². The van der Waals surface area contributed by atoms with Crippen LogP contribution < -0.4 is 5.32 Å². The summed E-state index contributed by atoms with van der Waals surface area (Å²) in [6.45, 7) is 0. The van der Waals surface area contributed by atoms with Gasteiger partial charge < -0.3 is 0 Å². The molecule has 4 heavy (non-hydrogen) atoms. The van der Waals surface area contributed by atoms with Crippen LogP contribution in [0.15, 0.2) is 0 Å². The molecule has 1 N–H and O–H groups in total. The van der Waals surface area contributed by atoms with Crippen molar-refractivity contribution in [3.05, 3.63) is 5.88 Å².